The smallest absolute Gasteiger partial charge is 0.321 e. The summed E-state index contributed by atoms with van der Waals surface area (Å²) >= 11 is 1.22. The first-order valence-electron chi connectivity index (χ1n) is 4.29. The number of carbonyl (C=O) groups is 2. The Morgan fingerprint density at radius 2 is 2.07 bits per heavy atom. The van der Waals surface area contributed by atoms with Gasteiger partial charge in [-0.25, -0.2) is 0 Å². The number of rotatable bonds is 6. The third-order valence-corrected chi connectivity index (χ3v) is 2.36. The molecule has 0 aliphatic rings. The molecule has 0 aliphatic carbocycles. The van der Waals surface area contributed by atoms with Gasteiger partial charge in [0.2, 0.25) is 5.91 Å². The lowest BCUT2D eigenvalue weighted by molar-refractivity contribution is -0.138. The van der Waals surface area contributed by atoms with Gasteiger partial charge >= 0.3 is 5.97 Å². The number of carboxylic acid groups (broad SMARTS) is 1. The first kappa shape index (κ1) is 13.2. The molecule has 0 aromatic carbocycles. The fraction of sp³-hybridized carbons (Fsp3) is 0.750. The van der Waals surface area contributed by atoms with Crippen LogP contribution in [0.25, 0.3) is 0 Å². The quantitative estimate of drug-likeness (QED) is 0.569. The number of amides is 1. The normalized spacial score (nSPS) is 12.6. The van der Waals surface area contributed by atoms with Gasteiger partial charge in [-0.1, -0.05) is 0 Å². The molecule has 0 bridgehead atoms. The van der Waals surface area contributed by atoms with Crippen molar-refractivity contribution in [3.63, 3.8) is 0 Å². The van der Waals surface area contributed by atoms with E-state index < -0.39 is 12.0 Å². The number of nitrogens with one attached hydrogen (secondary N) is 1. The van der Waals surface area contributed by atoms with Crippen LogP contribution in [-0.2, 0) is 9.59 Å². The average Bonchev–Trinajstić information content (AvgIpc) is 2.02. The van der Waals surface area contributed by atoms with Gasteiger partial charge in [0.1, 0.15) is 6.04 Å². The summed E-state index contributed by atoms with van der Waals surface area (Å²) < 4.78 is 0. The summed E-state index contributed by atoms with van der Waals surface area (Å²) in [5, 5.41) is 11.2. The molecule has 1 amide bonds. The third kappa shape index (κ3) is 6.73. The number of hydrogen-bond donors (Lipinski definition) is 3. The largest absolute Gasteiger partial charge is 0.480 e. The van der Waals surface area contributed by atoms with Crippen LogP contribution in [0.2, 0.25) is 0 Å². The lowest BCUT2D eigenvalue weighted by Gasteiger charge is -2.08. The standard InChI is InChI=1S/C8H16N2O3S/c1-5(2)10-7(11)4-14-3-6(9)8(12)13/h5-6H,3-4,9H2,1-2H3,(H,10,11)(H,12,13). The van der Waals surface area contributed by atoms with Crippen molar-refractivity contribution >= 4 is 23.6 Å². The number of aliphatic carboxylic acids is 1. The van der Waals surface area contributed by atoms with Crippen LogP contribution in [0.15, 0.2) is 0 Å². The molecule has 14 heavy (non-hydrogen) atoms. The fourth-order valence-corrected chi connectivity index (χ4v) is 1.50. The van der Waals surface area contributed by atoms with Gasteiger partial charge in [-0.05, 0) is 13.8 Å². The van der Waals surface area contributed by atoms with Crippen LogP contribution in [0.4, 0.5) is 0 Å². The molecule has 1 atom stereocenters. The molecule has 0 rings (SSSR count). The van der Waals surface area contributed by atoms with Crippen molar-refractivity contribution in [2.75, 3.05) is 11.5 Å². The monoisotopic (exact) mass is 220 g/mol. The molecule has 0 aromatic heterocycles. The Bertz CT molecular complexity index is 209. The van der Waals surface area contributed by atoms with Gasteiger partial charge in [0.05, 0.1) is 5.75 Å². The first-order valence-corrected chi connectivity index (χ1v) is 5.44. The zero-order valence-corrected chi connectivity index (χ0v) is 9.13. The van der Waals surface area contributed by atoms with E-state index in [1.54, 1.807) is 0 Å². The summed E-state index contributed by atoms with van der Waals surface area (Å²) in [6.45, 7) is 3.73. The van der Waals surface area contributed by atoms with Gasteiger partial charge < -0.3 is 16.2 Å². The van der Waals surface area contributed by atoms with Crippen LogP contribution in [-0.4, -0.2) is 40.6 Å². The van der Waals surface area contributed by atoms with Gasteiger partial charge in [0.15, 0.2) is 0 Å². The molecule has 0 fully saturated rings. The molecule has 0 heterocycles. The zero-order chi connectivity index (χ0) is 11.1. The van der Waals surface area contributed by atoms with E-state index in [0.29, 0.717) is 0 Å². The van der Waals surface area contributed by atoms with Crippen molar-refractivity contribution < 1.29 is 14.7 Å². The first-order chi connectivity index (χ1) is 6.43. The van der Waals surface area contributed by atoms with Gasteiger partial charge in [-0.2, -0.15) is 0 Å². The Hall–Kier alpha value is -0.750. The molecular formula is C8H16N2O3S. The topological polar surface area (TPSA) is 92.4 Å². The minimum atomic E-state index is -1.04. The SMILES string of the molecule is CC(C)NC(=O)CSCC(N)C(=O)O. The summed E-state index contributed by atoms with van der Waals surface area (Å²) in [6.07, 6.45) is 0. The molecule has 0 saturated carbocycles. The predicted molar refractivity (Wildman–Crippen MR) is 56.2 cm³/mol. The van der Waals surface area contributed by atoms with Crippen molar-refractivity contribution in [3.8, 4) is 0 Å². The second-order valence-corrected chi connectivity index (χ2v) is 4.21. The molecule has 82 valence electrons. The minimum Gasteiger partial charge on any atom is -0.480 e. The van der Waals surface area contributed by atoms with E-state index in [1.807, 2.05) is 13.8 Å². The second-order valence-electron chi connectivity index (χ2n) is 3.18. The van der Waals surface area contributed by atoms with Gasteiger partial charge in [-0.15, -0.1) is 11.8 Å². The van der Waals surface area contributed by atoms with Crippen molar-refractivity contribution in [2.45, 2.75) is 25.9 Å². The van der Waals surface area contributed by atoms with E-state index in [4.69, 9.17) is 10.8 Å². The summed E-state index contributed by atoms with van der Waals surface area (Å²) in [7, 11) is 0. The predicted octanol–water partition coefficient (Wildman–Crippen LogP) is -0.344. The van der Waals surface area contributed by atoms with E-state index in [0.717, 1.165) is 0 Å². The summed E-state index contributed by atoms with van der Waals surface area (Å²) in [4.78, 5) is 21.4. The molecule has 1 unspecified atom stereocenters. The van der Waals surface area contributed by atoms with E-state index in [9.17, 15) is 9.59 Å². The van der Waals surface area contributed by atoms with Crippen molar-refractivity contribution in [2.24, 2.45) is 5.73 Å². The van der Waals surface area contributed by atoms with Gasteiger partial charge in [0, 0.05) is 11.8 Å². The van der Waals surface area contributed by atoms with E-state index >= 15 is 0 Å². The highest BCUT2D eigenvalue weighted by atomic mass is 32.2. The summed E-state index contributed by atoms with van der Waals surface area (Å²) in [5.74, 6) is -0.635. The number of hydrogen-bond acceptors (Lipinski definition) is 4. The molecule has 0 saturated heterocycles. The van der Waals surface area contributed by atoms with E-state index in [1.165, 1.54) is 11.8 Å². The molecule has 0 spiro atoms. The Morgan fingerprint density at radius 1 is 1.50 bits per heavy atom. The minimum absolute atomic E-state index is 0.0948. The summed E-state index contributed by atoms with van der Waals surface area (Å²) in [6, 6.07) is -0.789. The number of thioether (sulfide) groups is 1. The maximum atomic E-state index is 11.1. The van der Waals surface area contributed by atoms with Crippen LogP contribution in [0, 0.1) is 0 Å². The zero-order valence-electron chi connectivity index (χ0n) is 8.32. The van der Waals surface area contributed by atoms with Crippen molar-refractivity contribution in [3.05, 3.63) is 0 Å². The molecule has 0 aromatic rings. The number of nitrogens with two attached hydrogens (primary N) is 1. The number of carbonyl (C=O) groups excluding carboxylic acids is 1. The second kappa shape index (κ2) is 6.67. The van der Waals surface area contributed by atoms with E-state index in [2.05, 4.69) is 5.32 Å². The van der Waals surface area contributed by atoms with Crippen molar-refractivity contribution in [1.29, 1.82) is 0 Å². The highest BCUT2D eigenvalue weighted by Gasteiger charge is 2.12. The Morgan fingerprint density at radius 3 is 2.50 bits per heavy atom. The van der Waals surface area contributed by atoms with Crippen molar-refractivity contribution in [1.82, 2.24) is 5.32 Å². The Balaban J connectivity index is 3.54. The van der Waals surface area contributed by atoms with Crippen LogP contribution in [0.3, 0.4) is 0 Å². The molecule has 0 aliphatic heterocycles. The number of carboxylic acids is 1. The Kier molecular flexibility index (Phi) is 6.31. The van der Waals surface area contributed by atoms with Crippen LogP contribution in [0.1, 0.15) is 13.8 Å². The third-order valence-electron chi connectivity index (χ3n) is 1.30. The molecule has 0 radical (unpaired) electrons. The maximum absolute atomic E-state index is 11.1. The fourth-order valence-electron chi connectivity index (χ4n) is 0.714. The molecular weight excluding hydrogens is 204 g/mol. The van der Waals surface area contributed by atoms with Crippen LogP contribution < -0.4 is 11.1 Å². The van der Waals surface area contributed by atoms with Crippen LogP contribution >= 0.6 is 11.8 Å². The highest BCUT2D eigenvalue weighted by molar-refractivity contribution is 8.00. The van der Waals surface area contributed by atoms with Crippen LogP contribution in [0.5, 0.6) is 0 Å². The molecule has 5 nitrogen and oxygen atoms in total. The maximum Gasteiger partial charge on any atom is 0.321 e. The van der Waals surface area contributed by atoms with E-state index in [-0.39, 0.29) is 23.5 Å². The lowest BCUT2D eigenvalue weighted by Crippen LogP contribution is -2.35. The molecule has 6 heteroatoms. The summed E-state index contributed by atoms with van der Waals surface area (Å²) in [5.41, 5.74) is 5.25. The lowest BCUT2D eigenvalue weighted by atomic mass is 10.4. The van der Waals surface area contributed by atoms with Gasteiger partial charge in [0.25, 0.3) is 0 Å². The average molecular weight is 220 g/mol. The molecule has 4 N–H and O–H groups in total. The Labute approximate surface area is 87.4 Å². The van der Waals surface area contributed by atoms with Gasteiger partial charge in [-0.3, -0.25) is 9.59 Å². The highest BCUT2D eigenvalue weighted by Crippen LogP contribution is 2.01.